The number of amides is 4. The molecule has 0 bridgehead atoms. The Kier molecular flexibility index (Phi) is 9.57. The number of furan rings is 1. The molecule has 0 aliphatic rings. The van der Waals surface area contributed by atoms with E-state index >= 15 is 0 Å². The highest BCUT2D eigenvalue weighted by Gasteiger charge is 2.20. The highest BCUT2D eigenvalue weighted by molar-refractivity contribution is 6.34. The van der Waals surface area contributed by atoms with Crippen LogP contribution in [0.3, 0.4) is 0 Å². The number of hydrogen-bond donors (Lipinski definition) is 4. The number of carbonyl (C=O) groups is 4. The molecule has 1 aromatic heterocycles. The molecular formula is C28H30Cl2N4O7. The molecule has 11 nitrogen and oxygen atoms in total. The van der Waals surface area contributed by atoms with E-state index in [-0.39, 0.29) is 21.6 Å². The first-order chi connectivity index (χ1) is 19.0. The molecule has 0 unspecified atom stereocenters. The minimum atomic E-state index is -0.679. The van der Waals surface area contributed by atoms with Gasteiger partial charge in [0.2, 0.25) is 0 Å². The Morgan fingerprint density at radius 1 is 0.610 bits per heavy atom. The molecule has 1 heterocycles. The number of rotatable bonds is 6. The van der Waals surface area contributed by atoms with E-state index < -0.39 is 35.2 Å². The normalized spacial score (nSPS) is 11.3. The second-order valence-electron chi connectivity index (χ2n) is 10.7. The van der Waals surface area contributed by atoms with Crippen LogP contribution in [0.4, 0.5) is 32.3 Å². The first-order valence-corrected chi connectivity index (χ1v) is 13.1. The number of halogens is 2. The summed E-state index contributed by atoms with van der Waals surface area (Å²) < 4.78 is 15.8. The SMILES string of the molecule is CC(C)(C)OC(=O)Nc1ccc(NC(=O)c2ccc(C(=O)Nc3ccc(NC(=O)OC(C)(C)C)c(Cl)c3)o2)cc1Cl. The van der Waals surface area contributed by atoms with Gasteiger partial charge in [-0.1, -0.05) is 23.2 Å². The number of nitrogens with one attached hydrogen (secondary N) is 4. The van der Waals surface area contributed by atoms with Crippen molar-refractivity contribution < 1.29 is 33.1 Å². The molecule has 0 radical (unpaired) electrons. The molecule has 41 heavy (non-hydrogen) atoms. The van der Waals surface area contributed by atoms with Gasteiger partial charge in [0.15, 0.2) is 11.5 Å². The largest absolute Gasteiger partial charge is 0.446 e. The summed E-state index contributed by atoms with van der Waals surface area (Å²) in [5.41, 5.74) is -0.114. The monoisotopic (exact) mass is 604 g/mol. The Morgan fingerprint density at radius 3 is 1.29 bits per heavy atom. The van der Waals surface area contributed by atoms with Crippen molar-refractivity contribution >= 4 is 70.0 Å². The standard InChI is InChI=1S/C28H30Cl2N4O7/c1-27(2,3)40-25(37)33-19-9-7-15(13-17(19)29)31-23(35)21-11-12-22(39-21)24(36)32-16-8-10-20(18(30)14-16)34-26(38)41-28(4,5)6/h7-14H,1-6H3,(H,31,35)(H,32,36)(H,33,37)(H,34,38). The molecule has 0 aliphatic carbocycles. The van der Waals surface area contributed by atoms with Gasteiger partial charge in [-0.25, -0.2) is 9.59 Å². The van der Waals surface area contributed by atoms with Crippen molar-refractivity contribution in [3.8, 4) is 0 Å². The molecule has 3 rings (SSSR count). The minimum absolute atomic E-state index is 0.128. The predicted octanol–water partition coefficient (Wildman–Crippen LogP) is 7.79. The predicted molar refractivity (Wildman–Crippen MR) is 157 cm³/mol. The zero-order chi connectivity index (χ0) is 30.5. The van der Waals surface area contributed by atoms with Gasteiger partial charge in [0, 0.05) is 11.4 Å². The molecule has 0 atom stereocenters. The molecule has 13 heteroatoms. The molecule has 4 amide bonds. The van der Waals surface area contributed by atoms with Crippen LogP contribution in [0.25, 0.3) is 0 Å². The van der Waals surface area contributed by atoms with Crippen molar-refractivity contribution in [1.29, 1.82) is 0 Å². The van der Waals surface area contributed by atoms with E-state index in [0.717, 1.165) is 0 Å². The first-order valence-electron chi connectivity index (χ1n) is 12.3. The van der Waals surface area contributed by atoms with Gasteiger partial charge in [0.05, 0.1) is 21.4 Å². The molecule has 218 valence electrons. The van der Waals surface area contributed by atoms with Gasteiger partial charge >= 0.3 is 12.2 Å². The fourth-order valence-corrected chi connectivity index (χ4v) is 3.64. The Hall–Kier alpha value is -4.22. The molecule has 0 fully saturated rings. The first kappa shape index (κ1) is 31.3. The van der Waals surface area contributed by atoms with Gasteiger partial charge in [-0.2, -0.15) is 0 Å². The van der Waals surface area contributed by atoms with Crippen LogP contribution in [0.5, 0.6) is 0 Å². The second-order valence-corrected chi connectivity index (χ2v) is 11.5. The molecular weight excluding hydrogens is 575 g/mol. The quantitative estimate of drug-likeness (QED) is 0.224. The number of ether oxygens (including phenoxy) is 2. The maximum Gasteiger partial charge on any atom is 0.412 e. The Morgan fingerprint density at radius 2 is 0.976 bits per heavy atom. The third-order valence-corrected chi connectivity index (χ3v) is 5.40. The summed E-state index contributed by atoms with van der Waals surface area (Å²) in [5, 5.41) is 10.6. The summed E-state index contributed by atoms with van der Waals surface area (Å²) in [6.45, 7) is 10.4. The summed E-state index contributed by atoms with van der Waals surface area (Å²) >= 11 is 12.5. The van der Waals surface area contributed by atoms with Crippen LogP contribution < -0.4 is 21.3 Å². The maximum atomic E-state index is 12.7. The number of anilines is 4. The summed E-state index contributed by atoms with van der Waals surface area (Å²) in [7, 11) is 0. The van der Waals surface area contributed by atoms with E-state index in [9.17, 15) is 19.2 Å². The van der Waals surface area contributed by atoms with Gasteiger partial charge in [-0.15, -0.1) is 0 Å². The zero-order valence-corrected chi connectivity index (χ0v) is 24.7. The van der Waals surface area contributed by atoms with Crippen LogP contribution in [0.2, 0.25) is 10.0 Å². The third-order valence-electron chi connectivity index (χ3n) is 4.78. The second kappa shape index (κ2) is 12.5. The Labute approximate surface area is 246 Å². The Balaban J connectivity index is 1.59. The van der Waals surface area contributed by atoms with Crippen molar-refractivity contribution in [2.75, 3.05) is 21.3 Å². The van der Waals surface area contributed by atoms with E-state index in [0.29, 0.717) is 22.7 Å². The number of carbonyl (C=O) groups excluding carboxylic acids is 4. The van der Waals surface area contributed by atoms with Gasteiger partial charge in [-0.3, -0.25) is 20.2 Å². The fourth-order valence-electron chi connectivity index (χ4n) is 3.18. The summed E-state index contributed by atoms with van der Waals surface area (Å²) in [6.07, 6.45) is -1.35. The highest BCUT2D eigenvalue weighted by Crippen LogP contribution is 2.28. The van der Waals surface area contributed by atoms with Crippen molar-refractivity contribution in [1.82, 2.24) is 0 Å². The Bertz CT molecular complexity index is 1360. The summed E-state index contributed by atoms with van der Waals surface area (Å²) in [5.74, 6) is -1.52. The topological polar surface area (TPSA) is 148 Å². The molecule has 4 N–H and O–H groups in total. The van der Waals surface area contributed by atoms with Gasteiger partial charge < -0.3 is 24.5 Å². The van der Waals surface area contributed by atoms with Gasteiger partial charge in [0.25, 0.3) is 11.8 Å². The van der Waals surface area contributed by atoms with Crippen molar-refractivity contribution in [3.63, 3.8) is 0 Å². The van der Waals surface area contributed by atoms with Crippen LogP contribution >= 0.6 is 23.2 Å². The molecule has 0 saturated carbocycles. The smallest absolute Gasteiger partial charge is 0.412 e. The van der Waals surface area contributed by atoms with Crippen LogP contribution in [0, 0.1) is 0 Å². The number of hydrogen-bond acceptors (Lipinski definition) is 7. The van der Waals surface area contributed by atoms with Crippen LogP contribution in [-0.4, -0.2) is 35.2 Å². The van der Waals surface area contributed by atoms with E-state index in [1.54, 1.807) is 41.5 Å². The third kappa shape index (κ3) is 9.73. The van der Waals surface area contributed by atoms with Crippen LogP contribution in [0.15, 0.2) is 52.9 Å². The van der Waals surface area contributed by atoms with E-state index in [1.165, 1.54) is 48.5 Å². The lowest BCUT2D eigenvalue weighted by Gasteiger charge is -2.20. The summed E-state index contributed by atoms with van der Waals surface area (Å²) in [4.78, 5) is 49.3. The molecule has 0 spiro atoms. The lowest BCUT2D eigenvalue weighted by Crippen LogP contribution is -2.27. The molecule has 3 aromatic rings. The lowest BCUT2D eigenvalue weighted by molar-refractivity contribution is 0.0624. The lowest BCUT2D eigenvalue weighted by atomic mass is 10.2. The minimum Gasteiger partial charge on any atom is -0.446 e. The van der Waals surface area contributed by atoms with Crippen LogP contribution in [0.1, 0.15) is 62.7 Å². The average molecular weight is 605 g/mol. The van der Waals surface area contributed by atoms with E-state index in [2.05, 4.69) is 21.3 Å². The van der Waals surface area contributed by atoms with Crippen LogP contribution in [-0.2, 0) is 9.47 Å². The zero-order valence-electron chi connectivity index (χ0n) is 23.2. The average Bonchev–Trinajstić information content (AvgIpc) is 3.31. The van der Waals surface area contributed by atoms with Crippen molar-refractivity contribution in [2.24, 2.45) is 0 Å². The maximum absolute atomic E-state index is 12.7. The van der Waals surface area contributed by atoms with Gasteiger partial charge in [-0.05, 0) is 90.1 Å². The van der Waals surface area contributed by atoms with Gasteiger partial charge in [0.1, 0.15) is 11.2 Å². The van der Waals surface area contributed by atoms with E-state index in [4.69, 9.17) is 37.1 Å². The molecule has 2 aromatic carbocycles. The van der Waals surface area contributed by atoms with Crippen molar-refractivity contribution in [2.45, 2.75) is 52.7 Å². The molecule has 0 saturated heterocycles. The van der Waals surface area contributed by atoms with Crippen molar-refractivity contribution in [3.05, 3.63) is 70.1 Å². The fraction of sp³-hybridized carbons (Fsp3) is 0.286. The number of benzene rings is 2. The summed E-state index contributed by atoms with van der Waals surface area (Å²) in [6, 6.07) is 11.6. The van der Waals surface area contributed by atoms with E-state index in [1.807, 2.05) is 0 Å². The highest BCUT2D eigenvalue weighted by atomic mass is 35.5. The molecule has 0 aliphatic heterocycles.